The van der Waals surface area contributed by atoms with E-state index in [1.807, 2.05) is 0 Å². The van der Waals surface area contributed by atoms with Crippen LogP contribution in [0.3, 0.4) is 0 Å². The van der Waals surface area contributed by atoms with Gasteiger partial charge in [0, 0.05) is 11.5 Å². The zero-order valence-corrected chi connectivity index (χ0v) is 9.26. The summed E-state index contributed by atoms with van der Waals surface area (Å²) in [7, 11) is 0. The minimum Gasteiger partial charge on any atom is -0.166 e. The van der Waals surface area contributed by atoms with Gasteiger partial charge in [-0.25, -0.2) is 0 Å². The van der Waals surface area contributed by atoms with E-state index in [-0.39, 0.29) is 24.6 Å². The molecule has 0 fully saturated rings. The van der Waals surface area contributed by atoms with Crippen molar-refractivity contribution >= 4 is 0 Å². The Kier molecular flexibility index (Phi) is 4.31. The summed E-state index contributed by atoms with van der Waals surface area (Å²) in [5.41, 5.74) is 5.07. The lowest BCUT2D eigenvalue weighted by atomic mass is 10.0. The predicted molar refractivity (Wildman–Crippen MR) is 54.2 cm³/mol. The van der Waals surface area contributed by atoms with E-state index in [2.05, 4.69) is 10.0 Å². The Labute approximate surface area is 103 Å². The lowest BCUT2D eigenvalue weighted by molar-refractivity contribution is -0.143. The number of alkyl halides is 6. The topological polar surface area (TPSA) is 48.8 Å². The lowest BCUT2D eigenvalue weighted by Crippen LogP contribution is -2.12. The van der Waals surface area contributed by atoms with Crippen LogP contribution in [-0.4, -0.2) is 6.54 Å². The zero-order chi connectivity index (χ0) is 14.7. The van der Waals surface area contributed by atoms with E-state index in [9.17, 15) is 26.3 Å². The van der Waals surface area contributed by atoms with E-state index < -0.39 is 23.5 Å². The van der Waals surface area contributed by atoms with Gasteiger partial charge in [0.25, 0.3) is 0 Å². The Hall–Kier alpha value is -1.89. The van der Waals surface area contributed by atoms with Gasteiger partial charge in [0.1, 0.15) is 0 Å². The van der Waals surface area contributed by atoms with Crippen molar-refractivity contribution in [2.75, 3.05) is 6.54 Å². The van der Waals surface area contributed by atoms with Gasteiger partial charge in [-0.2, -0.15) is 26.3 Å². The third-order valence-corrected chi connectivity index (χ3v) is 2.21. The largest absolute Gasteiger partial charge is 0.416 e. The summed E-state index contributed by atoms with van der Waals surface area (Å²) in [4.78, 5) is 2.37. The van der Waals surface area contributed by atoms with Crippen LogP contribution in [0.4, 0.5) is 26.3 Å². The molecule has 19 heavy (non-hydrogen) atoms. The molecule has 0 heterocycles. The minimum absolute atomic E-state index is 0.0526. The van der Waals surface area contributed by atoms with Gasteiger partial charge in [-0.1, -0.05) is 5.11 Å². The monoisotopic (exact) mass is 283 g/mol. The maximum absolute atomic E-state index is 12.5. The van der Waals surface area contributed by atoms with Gasteiger partial charge in [-0.05, 0) is 35.7 Å². The van der Waals surface area contributed by atoms with E-state index in [0.717, 1.165) is 0 Å². The van der Waals surface area contributed by atoms with Crippen LogP contribution in [0.2, 0.25) is 0 Å². The Bertz CT molecular complexity index is 467. The van der Waals surface area contributed by atoms with Crippen LogP contribution in [0.15, 0.2) is 23.3 Å². The second-order valence-electron chi connectivity index (χ2n) is 3.62. The average Bonchev–Trinajstić information content (AvgIpc) is 2.27. The van der Waals surface area contributed by atoms with Crippen molar-refractivity contribution in [3.8, 4) is 0 Å². The van der Waals surface area contributed by atoms with Gasteiger partial charge in [0.05, 0.1) is 11.1 Å². The Morgan fingerprint density at radius 2 is 1.42 bits per heavy atom. The fourth-order valence-electron chi connectivity index (χ4n) is 1.39. The molecule has 0 radical (unpaired) electrons. The quantitative estimate of drug-likeness (QED) is 0.337. The maximum atomic E-state index is 12.5. The molecule has 0 amide bonds. The minimum atomic E-state index is -4.87. The molecule has 0 unspecified atom stereocenters. The molecule has 9 heteroatoms. The van der Waals surface area contributed by atoms with Crippen LogP contribution in [0.25, 0.3) is 10.4 Å². The Balaban J connectivity index is 3.20. The molecule has 0 bridgehead atoms. The van der Waals surface area contributed by atoms with Crippen molar-refractivity contribution < 1.29 is 26.3 Å². The van der Waals surface area contributed by atoms with Gasteiger partial charge in [-0.3, -0.25) is 0 Å². The highest BCUT2D eigenvalue weighted by Crippen LogP contribution is 2.36. The van der Waals surface area contributed by atoms with Crippen LogP contribution in [0, 0.1) is 0 Å². The smallest absolute Gasteiger partial charge is 0.166 e. The number of nitrogens with zero attached hydrogens (tertiary/aromatic N) is 3. The second-order valence-corrected chi connectivity index (χ2v) is 3.62. The van der Waals surface area contributed by atoms with E-state index in [1.165, 1.54) is 0 Å². The van der Waals surface area contributed by atoms with Crippen molar-refractivity contribution in [3.05, 3.63) is 45.3 Å². The summed E-state index contributed by atoms with van der Waals surface area (Å²) >= 11 is 0. The van der Waals surface area contributed by atoms with Gasteiger partial charge < -0.3 is 0 Å². The first-order valence-electron chi connectivity index (χ1n) is 4.94. The van der Waals surface area contributed by atoms with Crippen LogP contribution < -0.4 is 0 Å². The first-order valence-corrected chi connectivity index (χ1v) is 4.94. The number of azide groups is 1. The van der Waals surface area contributed by atoms with E-state index in [4.69, 9.17) is 5.53 Å². The van der Waals surface area contributed by atoms with Crippen LogP contribution in [0.5, 0.6) is 0 Å². The Morgan fingerprint density at radius 1 is 0.947 bits per heavy atom. The summed E-state index contributed by atoms with van der Waals surface area (Å²) in [6.45, 7) is -0.213. The molecule has 1 rings (SSSR count). The number of rotatable bonds is 3. The average molecular weight is 283 g/mol. The highest BCUT2D eigenvalue weighted by atomic mass is 19.4. The molecule has 1 aromatic rings. The third-order valence-electron chi connectivity index (χ3n) is 2.21. The fourth-order valence-corrected chi connectivity index (χ4v) is 1.39. The molecule has 0 aromatic heterocycles. The summed E-state index contributed by atoms with van der Waals surface area (Å²) in [6, 6.07) is 1.28. The second kappa shape index (κ2) is 5.40. The normalized spacial score (nSPS) is 12.1. The van der Waals surface area contributed by atoms with E-state index in [1.54, 1.807) is 0 Å². The van der Waals surface area contributed by atoms with Gasteiger partial charge >= 0.3 is 12.4 Å². The highest BCUT2D eigenvalue weighted by molar-refractivity contribution is 5.33. The first-order chi connectivity index (χ1) is 8.64. The van der Waals surface area contributed by atoms with Crippen molar-refractivity contribution in [1.82, 2.24) is 0 Å². The molecule has 0 aliphatic carbocycles. The van der Waals surface area contributed by atoms with Gasteiger partial charge in [0.15, 0.2) is 0 Å². The van der Waals surface area contributed by atoms with Crippen molar-refractivity contribution in [3.63, 3.8) is 0 Å². The van der Waals surface area contributed by atoms with Crippen LogP contribution in [-0.2, 0) is 18.8 Å². The predicted octanol–water partition coefficient (Wildman–Crippen LogP) is 4.58. The molecular formula is C10H7F6N3. The third kappa shape index (κ3) is 4.36. The summed E-state index contributed by atoms with van der Waals surface area (Å²) in [6.07, 6.45) is -9.93. The first kappa shape index (κ1) is 15.2. The number of hydrogen-bond acceptors (Lipinski definition) is 1. The lowest BCUT2D eigenvalue weighted by Gasteiger charge is -2.13. The van der Waals surface area contributed by atoms with Crippen LogP contribution >= 0.6 is 0 Å². The molecular weight excluding hydrogens is 276 g/mol. The molecule has 0 spiro atoms. The molecule has 0 saturated carbocycles. The molecule has 0 N–H and O–H groups in total. The molecule has 0 aliphatic rings. The molecule has 104 valence electrons. The molecule has 1 aromatic carbocycles. The summed E-state index contributed by atoms with van der Waals surface area (Å²) in [5.74, 6) is 0. The summed E-state index contributed by atoms with van der Waals surface area (Å²) < 4.78 is 74.9. The summed E-state index contributed by atoms with van der Waals surface area (Å²) in [5, 5.41) is 3.07. The highest BCUT2D eigenvalue weighted by Gasteiger charge is 2.36. The number of halogens is 6. The molecule has 0 aliphatic heterocycles. The van der Waals surface area contributed by atoms with Gasteiger partial charge in [-0.15, -0.1) is 0 Å². The molecule has 0 atom stereocenters. The van der Waals surface area contributed by atoms with Crippen molar-refractivity contribution in [1.29, 1.82) is 0 Å². The number of hydrogen-bond donors (Lipinski definition) is 0. The molecule has 3 nitrogen and oxygen atoms in total. The van der Waals surface area contributed by atoms with Gasteiger partial charge in [0.2, 0.25) is 0 Å². The van der Waals surface area contributed by atoms with Crippen molar-refractivity contribution in [2.24, 2.45) is 5.11 Å². The van der Waals surface area contributed by atoms with E-state index >= 15 is 0 Å². The van der Waals surface area contributed by atoms with Crippen molar-refractivity contribution in [2.45, 2.75) is 18.8 Å². The number of benzene rings is 1. The SMILES string of the molecule is [N-]=[N+]=NCCc1cc(C(F)(F)F)cc(C(F)(F)F)c1. The fraction of sp³-hybridized carbons (Fsp3) is 0.400. The van der Waals surface area contributed by atoms with Crippen LogP contribution in [0.1, 0.15) is 16.7 Å². The van der Waals surface area contributed by atoms with E-state index in [0.29, 0.717) is 12.1 Å². The zero-order valence-electron chi connectivity index (χ0n) is 9.26. The Morgan fingerprint density at radius 3 is 1.79 bits per heavy atom. The molecule has 0 saturated heterocycles. The standard InChI is InChI=1S/C10H7F6N3/c11-9(12,13)7-3-6(1-2-18-19-17)4-8(5-7)10(14,15)16/h3-5H,1-2H2. The maximum Gasteiger partial charge on any atom is 0.416 e.